The van der Waals surface area contributed by atoms with E-state index in [1.807, 2.05) is 0 Å². The summed E-state index contributed by atoms with van der Waals surface area (Å²) >= 11 is 1.49. The molecule has 0 atom stereocenters. The van der Waals surface area contributed by atoms with Crippen molar-refractivity contribution in [2.75, 3.05) is 5.75 Å². The highest BCUT2D eigenvalue weighted by Gasteiger charge is 2.02. The molecule has 0 aromatic rings. The maximum atomic E-state index is 11.8. The molecular formula is C24H49N3O2S. The Hall–Kier alpha value is -0.750. The molecule has 178 valence electrons. The minimum atomic E-state index is -0.112. The van der Waals surface area contributed by atoms with Crippen LogP contribution >= 0.6 is 11.9 Å². The lowest BCUT2D eigenvalue weighted by Gasteiger charge is -2.05. The molecule has 0 aromatic heterocycles. The van der Waals surface area contributed by atoms with Gasteiger partial charge >= 0.3 is 0 Å². The number of carbonyl (C=O) groups is 2. The van der Waals surface area contributed by atoms with Crippen LogP contribution in [0.15, 0.2) is 0 Å². The largest absolute Gasteiger partial charge is 0.300 e. The predicted octanol–water partition coefficient (Wildman–Crippen LogP) is 6.56. The second-order valence-electron chi connectivity index (χ2n) is 8.45. The number of nitrogens with two attached hydrogens (primary N) is 1. The van der Waals surface area contributed by atoms with Gasteiger partial charge in [0.05, 0.1) is 0 Å². The number of hydrogen-bond acceptors (Lipinski definition) is 4. The molecule has 0 rings (SSSR count). The molecule has 6 heteroatoms. The lowest BCUT2D eigenvalue weighted by Crippen LogP contribution is -2.29. The van der Waals surface area contributed by atoms with E-state index in [9.17, 15) is 9.59 Å². The fraction of sp³-hybridized carbons (Fsp3) is 0.917. The maximum absolute atomic E-state index is 11.8. The molecule has 5 nitrogen and oxygen atoms in total. The average Bonchev–Trinajstić information content (AvgIpc) is 2.75. The fourth-order valence-electron chi connectivity index (χ4n) is 3.55. The second-order valence-corrected chi connectivity index (χ2v) is 9.35. The standard InChI is InChI=1S/C24H49N3O2S/c1-2-3-4-5-6-7-8-9-10-11-12-13-14-15-17-21-24(29)27-30-22-19-16-18-20-23(28)26-25/h2-22,25H2,1H3,(H,26,28)(H,27,29). The molecule has 0 bridgehead atoms. The lowest BCUT2D eigenvalue weighted by atomic mass is 10.0. The van der Waals surface area contributed by atoms with Crippen LogP contribution in [0.2, 0.25) is 0 Å². The Balaban J connectivity index is 3.17. The molecule has 0 saturated carbocycles. The van der Waals surface area contributed by atoms with Crippen LogP contribution in [0.1, 0.15) is 135 Å². The highest BCUT2D eigenvalue weighted by molar-refractivity contribution is 7.97. The van der Waals surface area contributed by atoms with E-state index in [0.29, 0.717) is 12.8 Å². The van der Waals surface area contributed by atoms with Gasteiger partial charge in [0.15, 0.2) is 0 Å². The van der Waals surface area contributed by atoms with Crippen LogP contribution in [0.4, 0.5) is 0 Å². The van der Waals surface area contributed by atoms with Crippen molar-refractivity contribution in [3.05, 3.63) is 0 Å². The third kappa shape index (κ3) is 23.5. The lowest BCUT2D eigenvalue weighted by molar-refractivity contribution is -0.121. The summed E-state index contributed by atoms with van der Waals surface area (Å²) in [6.45, 7) is 2.28. The van der Waals surface area contributed by atoms with Crippen LogP contribution in [0.25, 0.3) is 0 Å². The summed E-state index contributed by atoms with van der Waals surface area (Å²) in [6.07, 6.45) is 24.1. The minimum Gasteiger partial charge on any atom is -0.300 e. The van der Waals surface area contributed by atoms with Gasteiger partial charge in [-0.1, -0.05) is 115 Å². The zero-order valence-electron chi connectivity index (χ0n) is 19.7. The molecule has 0 aliphatic carbocycles. The van der Waals surface area contributed by atoms with Gasteiger partial charge in [-0.15, -0.1) is 0 Å². The Morgan fingerprint density at radius 1 is 0.600 bits per heavy atom. The van der Waals surface area contributed by atoms with Crippen LogP contribution in [0.3, 0.4) is 0 Å². The molecular weight excluding hydrogens is 394 g/mol. The highest BCUT2D eigenvalue weighted by Crippen LogP contribution is 2.14. The van der Waals surface area contributed by atoms with Gasteiger partial charge in [-0.2, -0.15) is 0 Å². The molecule has 30 heavy (non-hydrogen) atoms. The first-order valence-corrected chi connectivity index (χ1v) is 13.6. The topological polar surface area (TPSA) is 84.2 Å². The van der Waals surface area contributed by atoms with Crippen molar-refractivity contribution >= 4 is 23.8 Å². The molecule has 0 unspecified atom stereocenters. The van der Waals surface area contributed by atoms with Crippen LogP contribution in [-0.4, -0.2) is 17.6 Å². The van der Waals surface area contributed by atoms with E-state index >= 15 is 0 Å². The van der Waals surface area contributed by atoms with Crippen LogP contribution in [0.5, 0.6) is 0 Å². The number of unbranched alkanes of at least 4 members (excludes halogenated alkanes) is 16. The number of hydrazine groups is 1. The van der Waals surface area contributed by atoms with E-state index < -0.39 is 0 Å². The Morgan fingerprint density at radius 2 is 1.00 bits per heavy atom. The molecule has 0 aliphatic rings. The molecule has 0 aliphatic heterocycles. The van der Waals surface area contributed by atoms with E-state index in [2.05, 4.69) is 17.1 Å². The van der Waals surface area contributed by atoms with Gasteiger partial charge in [-0.05, 0) is 19.3 Å². The van der Waals surface area contributed by atoms with E-state index in [1.165, 1.54) is 102 Å². The Labute approximate surface area is 190 Å². The van der Waals surface area contributed by atoms with Gasteiger partial charge in [-0.3, -0.25) is 15.0 Å². The Kier molecular flexibility index (Phi) is 23.9. The SMILES string of the molecule is CCCCCCCCCCCCCCCCCC(=O)NSCCCCCC(=O)NN. The van der Waals surface area contributed by atoms with Crippen LogP contribution in [-0.2, 0) is 9.59 Å². The van der Waals surface area contributed by atoms with Crippen molar-refractivity contribution < 1.29 is 9.59 Å². The smallest absolute Gasteiger partial charge is 0.233 e. The number of carbonyl (C=O) groups excluding carboxylic acids is 2. The summed E-state index contributed by atoms with van der Waals surface area (Å²) in [6, 6.07) is 0. The molecule has 2 amide bonds. The van der Waals surface area contributed by atoms with Crippen molar-refractivity contribution in [2.45, 2.75) is 135 Å². The summed E-state index contributed by atoms with van der Waals surface area (Å²) in [5, 5.41) is 0. The summed E-state index contributed by atoms with van der Waals surface area (Å²) in [4.78, 5) is 22.8. The summed E-state index contributed by atoms with van der Waals surface area (Å²) in [5.74, 6) is 5.97. The van der Waals surface area contributed by atoms with Gasteiger partial charge in [0.2, 0.25) is 11.8 Å². The van der Waals surface area contributed by atoms with Crippen molar-refractivity contribution in [3.63, 3.8) is 0 Å². The van der Waals surface area contributed by atoms with Crippen molar-refractivity contribution in [1.29, 1.82) is 0 Å². The molecule has 0 fully saturated rings. The fourth-order valence-corrected chi connectivity index (χ4v) is 4.26. The summed E-state index contributed by atoms with van der Waals surface area (Å²) < 4.78 is 2.92. The number of rotatable bonds is 23. The van der Waals surface area contributed by atoms with Gasteiger partial charge in [0.25, 0.3) is 0 Å². The van der Waals surface area contributed by atoms with Crippen LogP contribution in [0, 0.1) is 0 Å². The van der Waals surface area contributed by atoms with Gasteiger partial charge < -0.3 is 4.72 Å². The van der Waals surface area contributed by atoms with E-state index in [1.54, 1.807) is 0 Å². The first kappa shape index (κ1) is 29.2. The molecule has 0 radical (unpaired) electrons. The molecule has 4 N–H and O–H groups in total. The average molecular weight is 444 g/mol. The summed E-state index contributed by atoms with van der Waals surface area (Å²) in [5.41, 5.74) is 2.13. The van der Waals surface area contributed by atoms with Gasteiger partial charge in [-0.25, -0.2) is 5.84 Å². The minimum absolute atomic E-state index is 0.112. The van der Waals surface area contributed by atoms with E-state index in [4.69, 9.17) is 5.84 Å². The van der Waals surface area contributed by atoms with Gasteiger partial charge in [0, 0.05) is 18.6 Å². The maximum Gasteiger partial charge on any atom is 0.233 e. The first-order chi connectivity index (χ1) is 14.7. The molecule has 0 saturated heterocycles. The zero-order valence-corrected chi connectivity index (χ0v) is 20.5. The van der Waals surface area contributed by atoms with E-state index in [0.717, 1.165) is 31.4 Å². The normalized spacial score (nSPS) is 10.9. The second kappa shape index (κ2) is 24.5. The third-order valence-corrected chi connectivity index (χ3v) is 6.37. The number of nitrogens with one attached hydrogen (secondary N) is 2. The van der Waals surface area contributed by atoms with Crippen LogP contribution < -0.4 is 16.0 Å². The third-order valence-electron chi connectivity index (χ3n) is 5.50. The molecule has 0 heterocycles. The highest BCUT2D eigenvalue weighted by atomic mass is 32.2. The van der Waals surface area contributed by atoms with Gasteiger partial charge in [0.1, 0.15) is 0 Å². The van der Waals surface area contributed by atoms with E-state index in [-0.39, 0.29) is 11.8 Å². The summed E-state index contributed by atoms with van der Waals surface area (Å²) in [7, 11) is 0. The monoisotopic (exact) mass is 443 g/mol. The first-order valence-electron chi connectivity index (χ1n) is 12.6. The zero-order chi connectivity index (χ0) is 22.1. The van der Waals surface area contributed by atoms with Crippen molar-refractivity contribution in [3.8, 4) is 0 Å². The van der Waals surface area contributed by atoms with Crippen molar-refractivity contribution in [2.24, 2.45) is 5.84 Å². The molecule has 0 aromatic carbocycles. The Bertz CT molecular complexity index is 395. The molecule has 0 spiro atoms. The van der Waals surface area contributed by atoms with Crippen molar-refractivity contribution in [1.82, 2.24) is 10.1 Å². The number of amides is 2. The number of hydrogen-bond donors (Lipinski definition) is 3. The predicted molar refractivity (Wildman–Crippen MR) is 131 cm³/mol. The Morgan fingerprint density at radius 3 is 1.47 bits per heavy atom. The quantitative estimate of drug-likeness (QED) is 0.0548.